The largest absolute Gasteiger partial charge is 0.454 e. The van der Waals surface area contributed by atoms with Gasteiger partial charge in [-0.3, -0.25) is 19.3 Å². The second kappa shape index (κ2) is 7.04. The van der Waals surface area contributed by atoms with Gasteiger partial charge in [-0.05, 0) is 57.1 Å². The quantitative estimate of drug-likeness (QED) is 0.618. The van der Waals surface area contributed by atoms with Crippen molar-refractivity contribution >= 4 is 29.4 Å². The number of ether oxygens (including phenoxy) is 1. The number of hydrogen-bond acceptors (Lipinski definition) is 5. The summed E-state index contributed by atoms with van der Waals surface area (Å²) in [6, 6.07) is 6.21. The summed E-state index contributed by atoms with van der Waals surface area (Å²) in [5, 5.41) is 2.64. The number of likely N-dealkylation sites (tertiary alicyclic amines) is 1. The van der Waals surface area contributed by atoms with E-state index in [2.05, 4.69) is 5.32 Å². The molecule has 1 aliphatic heterocycles. The molecule has 2 aliphatic carbocycles. The van der Waals surface area contributed by atoms with E-state index in [4.69, 9.17) is 4.74 Å². The maximum atomic E-state index is 12.8. The van der Waals surface area contributed by atoms with Gasteiger partial charge in [0.25, 0.3) is 5.91 Å². The third-order valence-corrected chi connectivity index (χ3v) is 6.37. The van der Waals surface area contributed by atoms with E-state index in [1.165, 1.54) is 6.92 Å². The molecule has 2 bridgehead atoms. The molecule has 3 aliphatic rings. The van der Waals surface area contributed by atoms with Gasteiger partial charge in [0, 0.05) is 5.69 Å². The third-order valence-electron chi connectivity index (χ3n) is 6.37. The molecular weight excluding hydrogens is 360 g/mol. The second-order valence-electron chi connectivity index (χ2n) is 8.13. The van der Waals surface area contributed by atoms with Gasteiger partial charge in [-0.25, -0.2) is 4.79 Å². The highest BCUT2D eigenvalue weighted by molar-refractivity contribution is 6.08. The van der Waals surface area contributed by atoms with Gasteiger partial charge in [0.05, 0.1) is 11.8 Å². The first kappa shape index (κ1) is 18.7. The summed E-state index contributed by atoms with van der Waals surface area (Å²) in [5.41, 5.74) is 1.67. The van der Waals surface area contributed by atoms with Gasteiger partial charge in [-0.2, -0.15) is 0 Å². The smallest absolute Gasteiger partial charge is 0.329 e. The Balaban J connectivity index is 1.33. The minimum absolute atomic E-state index is 0.254. The van der Waals surface area contributed by atoms with Crippen LogP contribution in [-0.4, -0.2) is 41.2 Å². The van der Waals surface area contributed by atoms with Crippen LogP contribution in [0.1, 0.15) is 31.7 Å². The maximum Gasteiger partial charge on any atom is 0.329 e. The molecule has 0 aromatic heterocycles. The third kappa shape index (κ3) is 3.08. The van der Waals surface area contributed by atoms with E-state index >= 15 is 0 Å². The van der Waals surface area contributed by atoms with Crippen LogP contribution >= 0.6 is 0 Å². The molecule has 1 saturated heterocycles. The number of rotatable bonds is 5. The summed E-state index contributed by atoms with van der Waals surface area (Å²) >= 11 is 0. The average molecular weight is 384 g/mol. The molecule has 5 atom stereocenters. The first-order chi connectivity index (χ1) is 13.4. The van der Waals surface area contributed by atoms with E-state index < -0.39 is 24.5 Å². The van der Waals surface area contributed by atoms with E-state index in [1.807, 2.05) is 19.1 Å². The van der Waals surface area contributed by atoms with E-state index in [1.54, 1.807) is 12.1 Å². The van der Waals surface area contributed by atoms with Crippen molar-refractivity contribution in [2.24, 2.45) is 23.7 Å². The lowest BCUT2D eigenvalue weighted by molar-refractivity contribution is -0.159. The zero-order valence-electron chi connectivity index (χ0n) is 16.0. The van der Waals surface area contributed by atoms with Crippen molar-refractivity contribution in [2.75, 3.05) is 11.9 Å². The molecule has 0 radical (unpaired) electrons. The maximum absolute atomic E-state index is 12.8. The minimum Gasteiger partial charge on any atom is -0.454 e. The molecule has 0 spiro atoms. The predicted molar refractivity (Wildman–Crippen MR) is 99.9 cm³/mol. The number of esters is 1. The standard InChI is InChI=1S/C21H24N2O5/c1-11-3-7-15(8-4-11)22-16(24)10-28-21(27)12(2)23-19(25)17-13-5-6-14(9-13)18(17)20(23)26/h3-4,7-8,12-14,17-18H,5-6,9-10H2,1-2H3,(H,22,24)/t12-,13+,14+,17+,18+/m1/s1. The number of fused-ring (bicyclic) bond motifs is 5. The SMILES string of the molecule is Cc1ccc(NC(=O)COC(=O)[C@@H](C)N2C(=O)[C@H]3[C@H]4CC[C@@H](C4)[C@@H]3C2=O)cc1. The van der Waals surface area contributed by atoms with Crippen LogP contribution in [0.25, 0.3) is 0 Å². The zero-order chi connectivity index (χ0) is 20.0. The summed E-state index contributed by atoms with van der Waals surface area (Å²) in [7, 11) is 0. The number of nitrogens with zero attached hydrogens (tertiary/aromatic N) is 1. The van der Waals surface area contributed by atoms with Gasteiger partial charge in [0.2, 0.25) is 11.8 Å². The topological polar surface area (TPSA) is 92.8 Å². The van der Waals surface area contributed by atoms with E-state index in [-0.39, 0.29) is 35.5 Å². The van der Waals surface area contributed by atoms with Gasteiger partial charge in [-0.15, -0.1) is 0 Å². The van der Waals surface area contributed by atoms with Crippen molar-refractivity contribution in [3.63, 3.8) is 0 Å². The fourth-order valence-corrected chi connectivity index (χ4v) is 5.01. The number of aryl methyl sites for hydroxylation is 1. The Bertz CT molecular complexity index is 806. The average Bonchev–Trinajstić information content (AvgIpc) is 3.35. The van der Waals surface area contributed by atoms with Crippen molar-refractivity contribution < 1.29 is 23.9 Å². The normalized spacial score (nSPS) is 29.0. The molecule has 1 aromatic carbocycles. The summed E-state index contributed by atoms with van der Waals surface area (Å²) < 4.78 is 5.06. The molecule has 3 amide bonds. The molecule has 1 aromatic rings. The lowest BCUT2D eigenvalue weighted by Gasteiger charge is -2.23. The van der Waals surface area contributed by atoms with Gasteiger partial charge in [0.15, 0.2) is 6.61 Å². The molecule has 1 heterocycles. The molecule has 0 unspecified atom stereocenters. The Kier molecular flexibility index (Phi) is 4.69. The summed E-state index contributed by atoms with van der Waals surface area (Å²) in [6.07, 6.45) is 2.91. The van der Waals surface area contributed by atoms with Crippen LogP contribution in [0.2, 0.25) is 0 Å². The van der Waals surface area contributed by atoms with Crippen molar-refractivity contribution in [2.45, 2.75) is 39.2 Å². The number of carbonyl (C=O) groups excluding carboxylic acids is 4. The van der Waals surface area contributed by atoms with Crippen LogP contribution in [-0.2, 0) is 23.9 Å². The number of hydrogen-bond donors (Lipinski definition) is 1. The highest BCUT2D eigenvalue weighted by atomic mass is 16.5. The lowest BCUT2D eigenvalue weighted by atomic mass is 9.81. The number of amides is 3. The van der Waals surface area contributed by atoms with Gasteiger partial charge < -0.3 is 10.1 Å². The monoisotopic (exact) mass is 384 g/mol. The highest BCUT2D eigenvalue weighted by Gasteiger charge is 2.62. The van der Waals surface area contributed by atoms with Crippen LogP contribution in [0.15, 0.2) is 24.3 Å². The Labute approximate surface area is 163 Å². The zero-order valence-corrected chi connectivity index (χ0v) is 16.0. The number of imide groups is 1. The summed E-state index contributed by atoms with van der Waals surface area (Å²) in [6.45, 7) is 2.96. The van der Waals surface area contributed by atoms with Crippen molar-refractivity contribution in [1.29, 1.82) is 0 Å². The van der Waals surface area contributed by atoms with Crippen LogP contribution < -0.4 is 5.32 Å². The number of carbonyl (C=O) groups is 4. The van der Waals surface area contributed by atoms with Crippen LogP contribution in [0.4, 0.5) is 5.69 Å². The first-order valence-electron chi connectivity index (χ1n) is 9.77. The Morgan fingerprint density at radius 3 is 2.25 bits per heavy atom. The predicted octanol–water partition coefficient (Wildman–Crippen LogP) is 1.90. The van der Waals surface area contributed by atoms with Crippen molar-refractivity contribution in [1.82, 2.24) is 4.90 Å². The highest BCUT2D eigenvalue weighted by Crippen LogP contribution is 2.56. The molecule has 7 nitrogen and oxygen atoms in total. The number of nitrogens with one attached hydrogen (secondary N) is 1. The fraction of sp³-hybridized carbons (Fsp3) is 0.524. The van der Waals surface area contributed by atoms with E-state index in [0.29, 0.717) is 5.69 Å². The molecule has 2 saturated carbocycles. The molecule has 3 fully saturated rings. The molecular formula is C21H24N2O5. The fourth-order valence-electron chi connectivity index (χ4n) is 5.01. The number of anilines is 1. The molecule has 1 N–H and O–H groups in total. The minimum atomic E-state index is -1.02. The van der Waals surface area contributed by atoms with Gasteiger partial charge >= 0.3 is 5.97 Å². The molecule has 7 heteroatoms. The van der Waals surface area contributed by atoms with Crippen molar-refractivity contribution in [3.05, 3.63) is 29.8 Å². The summed E-state index contributed by atoms with van der Waals surface area (Å²) in [5.74, 6) is -1.74. The molecule has 28 heavy (non-hydrogen) atoms. The van der Waals surface area contributed by atoms with Gasteiger partial charge in [0.1, 0.15) is 6.04 Å². The van der Waals surface area contributed by atoms with Gasteiger partial charge in [-0.1, -0.05) is 17.7 Å². The Morgan fingerprint density at radius 2 is 1.68 bits per heavy atom. The molecule has 148 valence electrons. The summed E-state index contributed by atoms with van der Waals surface area (Å²) in [4.78, 5) is 51.0. The second-order valence-corrected chi connectivity index (χ2v) is 8.13. The Hall–Kier alpha value is -2.70. The lowest BCUT2D eigenvalue weighted by Crippen LogP contribution is -2.45. The first-order valence-corrected chi connectivity index (χ1v) is 9.77. The van der Waals surface area contributed by atoms with Crippen LogP contribution in [0, 0.1) is 30.6 Å². The molecule has 4 rings (SSSR count). The van der Waals surface area contributed by atoms with E-state index in [9.17, 15) is 19.2 Å². The van der Waals surface area contributed by atoms with E-state index in [0.717, 1.165) is 29.7 Å². The van der Waals surface area contributed by atoms with Crippen LogP contribution in [0.5, 0.6) is 0 Å². The van der Waals surface area contributed by atoms with Crippen molar-refractivity contribution in [3.8, 4) is 0 Å². The number of benzene rings is 1. The Morgan fingerprint density at radius 1 is 1.11 bits per heavy atom. The van der Waals surface area contributed by atoms with Crippen LogP contribution in [0.3, 0.4) is 0 Å².